The number of aliphatic carboxylic acids is 1. The van der Waals surface area contributed by atoms with Gasteiger partial charge in [0.2, 0.25) is 0 Å². The second kappa shape index (κ2) is 6.11. The highest BCUT2D eigenvalue weighted by atomic mass is 16.5. The van der Waals surface area contributed by atoms with Crippen LogP contribution in [0.5, 0.6) is 11.5 Å². The van der Waals surface area contributed by atoms with Crippen LogP contribution >= 0.6 is 0 Å². The van der Waals surface area contributed by atoms with Crippen LogP contribution in [-0.2, 0) is 4.79 Å². The summed E-state index contributed by atoms with van der Waals surface area (Å²) in [5, 5.41) is 9.12. The van der Waals surface area contributed by atoms with Gasteiger partial charge in [0.05, 0.1) is 13.0 Å². The lowest BCUT2D eigenvalue weighted by Crippen LogP contribution is -2.51. The van der Waals surface area contributed by atoms with Crippen molar-refractivity contribution >= 4 is 5.97 Å². The monoisotopic (exact) mass is 280 g/mol. The predicted molar refractivity (Wildman–Crippen MR) is 74.3 cm³/mol. The molecule has 6 heteroatoms. The smallest absolute Gasteiger partial charge is 0.312 e. The van der Waals surface area contributed by atoms with Crippen LogP contribution in [0.1, 0.15) is 11.5 Å². The fraction of sp³-hybridized carbons (Fsp3) is 0.500. The maximum Gasteiger partial charge on any atom is 0.312 e. The van der Waals surface area contributed by atoms with E-state index in [0.717, 1.165) is 13.1 Å². The van der Waals surface area contributed by atoms with Crippen LogP contribution in [0, 0.1) is 0 Å². The van der Waals surface area contributed by atoms with E-state index in [1.165, 1.54) is 7.11 Å². The van der Waals surface area contributed by atoms with Crippen LogP contribution in [0.25, 0.3) is 0 Å². The van der Waals surface area contributed by atoms with Crippen molar-refractivity contribution in [2.45, 2.75) is 12.0 Å². The van der Waals surface area contributed by atoms with E-state index in [9.17, 15) is 4.79 Å². The van der Waals surface area contributed by atoms with Gasteiger partial charge in [-0.05, 0) is 24.7 Å². The van der Waals surface area contributed by atoms with Gasteiger partial charge in [-0.1, -0.05) is 6.07 Å². The first-order valence-corrected chi connectivity index (χ1v) is 6.51. The molecule has 3 N–H and O–H groups in total. The van der Waals surface area contributed by atoms with Crippen molar-refractivity contribution in [2.75, 3.05) is 33.8 Å². The Hall–Kier alpha value is -1.79. The van der Waals surface area contributed by atoms with Crippen molar-refractivity contribution in [1.29, 1.82) is 0 Å². The normalized spacial score (nSPS) is 17.4. The summed E-state index contributed by atoms with van der Waals surface area (Å²) >= 11 is 0. The number of carboxylic acid groups (broad SMARTS) is 1. The van der Waals surface area contributed by atoms with E-state index >= 15 is 0 Å². The molecular weight excluding hydrogens is 260 g/mol. The molecule has 1 atom stereocenters. The Morgan fingerprint density at radius 2 is 2.20 bits per heavy atom. The Morgan fingerprint density at radius 3 is 2.70 bits per heavy atom. The lowest BCUT2D eigenvalue weighted by molar-refractivity contribution is -0.138. The minimum atomic E-state index is -0.941. The van der Waals surface area contributed by atoms with E-state index in [0.29, 0.717) is 17.1 Å². The highest BCUT2D eigenvalue weighted by molar-refractivity contribution is 5.76. The number of carboxylic acids is 1. The fourth-order valence-electron chi connectivity index (χ4n) is 2.27. The Labute approximate surface area is 118 Å². The minimum absolute atomic E-state index is 0.0477. The van der Waals surface area contributed by atoms with Crippen LogP contribution in [-0.4, -0.2) is 55.9 Å². The Bertz CT molecular complexity index is 486. The first kappa shape index (κ1) is 14.6. The molecule has 0 radical (unpaired) electrons. The van der Waals surface area contributed by atoms with Crippen LogP contribution in [0.2, 0.25) is 0 Å². The molecule has 0 saturated carbocycles. The van der Waals surface area contributed by atoms with Gasteiger partial charge in [-0.15, -0.1) is 0 Å². The van der Waals surface area contributed by atoms with Crippen LogP contribution in [0.15, 0.2) is 18.2 Å². The Balaban J connectivity index is 2.16. The lowest BCUT2D eigenvalue weighted by Gasteiger charge is -2.36. The topological polar surface area (TPSA) is 85.0 Å². The molecule has 20 heavy (non-hydrogen) atoms. The van der Waals surface area contributed by atoms with Crippen molar-refractivity contribution in [3.8, 4) is 11.5 Å². The molecule has 6 nitrogen and oxygen atoms in total. The van der Waals surface area contributed by atoms with Gasteiger partial charge in [0.15, 0.2) is 11.5 Å². The first-order chi connectivity index (χ1) is 9.55. The van der Waals surface area contributed by atoms with Crippen molar-refractivity contribution in [1.82, 2.24) is 4.90 Å². The van der Waals surface area contributed by atoms with E-state index in [1.54, 1.807) is 18.2 Å². The number of rotatable bonds is 6. The number of methoxy groups -OCH3 is 1. The SMILES string of the molecule is COc1cc(C(CN)C(=O)O)ccc1OC1CN(C)C1. The molecule has 0 amide bonds. The van der Waals surface area contributed by atoms with Crippen LogP contribution in [0.3, 0.4) is 0 Å². The Kier molecular flexibility index (Phi) is 4.46. The molecule has 0 spiro atoms. The third-order valence-electron chi connectivity index (χ3n) is 3.45. The van der Waals surface area contributed by atoms with E-state index in [-0.39, 0.29) is 12.6 Å². The molecule has 1 heterocycles. The zero-order valence-electron chi connectivity index (χ0n) is 11.7. The number of hydrogen-bond acceptors (Lipinski definition) is 5. The molecule has 2 rings (SSSR count). The minimum Gasteiger partial charge on any atom is -0.493 e. The van der Waals surface area contributed by atoms with Gasteiger partial charge in [-0.25, -0.2) is 0 Å². The second-order valence-corrected chi connectivity index (χ2v) is 5.00. The van der Waals surface area contributed by atoms with Gasteiger partial charge >= 0.3 is 5.97 Å². The van der Waals surface area contributed by atoms with Crippen molar-refractivity contribution in [3.05, 3.63) is 23.8 Å². The molecule has 1 aliphatic rings. The summed E-state index contributed by atoms with van der Waals surface area (Å²) in [6, 6.07) is 5.16. The summed E-state index contributed by atoms with van der Waals surface area (Å²) in [6.45, 7) is 1.81. The summed E-state index contributed by atoms with van der Waals surface area (Å²) < 4.78 is 11.1. The van der Waals surface area contributed by atoms with E-state index < -0.39 is 11.9 Å². The van der Waals surface area contributed by atoms with E-state index in [2.05, 4.69) is 4.90 Å². The van der Waals surface area contributed by atoms with Gasteiger partial charge in [-0.2, -0.15) is 0 Å². The van der Waals surface area contributed by atoms with Gasteiger partial charge in [0.25, 0.3) is 0 Å². The quantitative estimate of drug-likeness (QED) is 0.790. The molecule has 0 bridgehead atoms. The number of likely N-dealkylation sites (tertiary alicyclic amines) is 1. The largest absolute Gasteiger partial charge is 0.493 e. The summed E-state index contributed by atoms with van der Waals surface area (Å²) in [7, 11) is 3.57. The summed E-state index contributed by atoms with van der Waals surface area (Å²) in [4.78, 5) is 13.3. The summed E-state index contributed by atoms with van der Waals surface area (Å²) in [6.07, 6.45) is 0.157. The summed E-state index contributed by atoms with van der Waals surface area (Å²) in [5.74, 6) is -0.496. The zero-order valence-corrected chi connectivity index (χ0v) is 11.7. The van der Waals surface area contributed by atoms with Gasteiger partial charge in [0, 0.05) is 19.6 Å². The molecule has 1 aliphatic heterocycles. The third-order valence-corrected chi connectivity index (χ3v) is 3.45. The van der Waals surface area contributed by atoms with Gasteiger partial charge in [0.1, 0.15) is 6.10 Å². The van der Waals surface area contributed by atoms with Gasteiger partial charge < -0.3 is 20.3 Å². The van der Waals surface area contributed by atoms with Crippen LogP contribution in [0.4, 0.5) is 0 Å². The highest BCUT2D eigenvalue weighted by Crippen LogP contribution is 2.32. The first-order valence-electron chi connectivity index (χ1n) is 6.51. The number of nitrogens with two attached hydrogens (primary N) is 1. The summed E-state index contributed by atoms with van der Waals surface area (Å²) in [5.41, 5.74) is 6.12. The highest BCUT2D eigenvalue weighted by Gasteiger charge is 2.26. The van der Waals surface area contributed by atoms with Crippen LogP contribution < -0.4 is 15.2 Å². The maximum atomic E-state index is 11.1. The van der Waals surface area contributed by atoms with Crippen molar-refractivity contribution in [3.63, 3.8) is 0 Å². The second-order valence-electron chi connectivity index (χ2n) is 5.00. The number of carbonyl (C=O) groups is 1. The zero-order chi connectivity index (χ0) is 14.7. The maximum absolute atomic E-state index is 11.1. The number of ether oxygens (including phenoxy) is 2. The van der Waals surface area contributed by atoms with Gasteiger partial charge in [-0.3, -0.25) is 9.69 Å². The molecule has 0 aromatic heterocycles. The fourth-order valence-corrected chi connectivity index (χ4v) is 2.27. The molecule has 1 aromatic carbocycles. The predicted octanol–water partition coefficient (Wildman–Crippen LogP) is 0.515. The Morgan fingerprint density at radius 1 is 1.50 bits per heavy atom. The van der Waals surface area contributed by atoms with E-state index in [1.807, 2.05) is 7.05 Å². The number of likely N-dealkylation sites (N-methyl/N-ethyl adjacent to an activating group) is 1. The molecule has 110 valence electrons. The lowest BCUT2D eigenvalue weighted by atomic mass is 9.99. The van der Waals surface area contributed by atoms with Crippen molar-refractivity contribution in [2.24, 2.45) is 5.73 Å². The molecule has 1 unspecified atom stereocenters. The number of nitrogens with zero attached hydrogens (tertiary/aromatic N) is 1. The molecule has 1 aromatic rings. The molecule has 1 fully saturated rings. The molecule has 0 aliphatic carbocycles. The average molecular weight is 280 g/mol. The molecule has 1 saturated heterocycles. The standard InChI is InChI=1S/C14H20N2O4/c1-16-7-10(8-16)20-12-4-3-9(5-13(12)19-2)11(6-15)14(17)18/h3-5,10-11H,6-8,15H2,1-2H3,(H,17,18). The number of benzene rings is 1. The average Bonchev–Trinajstić information content (AvgIpc) is 2.38. The van der Waals surface area contributed by atoms with Crippen molar-refractivity contribution < 1.29 is 19.4 Å². The van der Waals surface area contributed by atoms with E-state index in [4.69, 9.17) is 20.3 Å². The molecular formula is C14H20N2O4. The third kappa shape index (κ3) is 3.02. The number of hydrogen-bond donors (Lipinski definition) is 2.